The van der Waals surface area contributed by atoms with Gasteiger partial charge in [-0.25, -0.2) is 13.6 Å². The van der Waals surface area contributed by atoms with E-state index in [1.807, 2.05) is 30.3 Å². The van der Waals surface area contributed by atoms with Crippen LogP contribution in [0, 0.1) is 22.5 Å². The second-order valence-corrected chi connectivity index (χ2v) is 23.4. The molecule has 23 nitrogen and oxygen atoms in total. The molecule has 0 saturated carbocycles. The van der Waals surface area contributed by atoms with Crippen LogP contribution >= 0.6 is 0 Å². The van der Waals surface area contributed by atoms with Crippen molar-refractivity contribution >= 4 is 69.8 Å². The molecule has 4 aromatic rings. The van der Waals surface area contributed by atoms with Gasteiger partial charge in [-0.1, -0.05) is 106 Å². The Hall–Kier alpha value is -7.76. The van der Waals surface area contributed by atoms with Crippen molar-refractivity contribution in [1.29, 1.82) is 0 Å². The Morgan fingerprint density at radius 1 is 0.747 bits per heavy atom. The largest absolute Gasteiger partial charge is 0.481 e. The SMILES string of the molecule is CC(C)(C)[C@H](c1cc(-c2cc(F)ccc2F)cn1Cc1ccccc1)N(CC[C@H](NC(=O)[C@H](CC(N)=O)NC(=O)[C@@H](CC(=O)O)NC(=O)OCc1ccccc1)C(O)NCCNC(=O)CNC(=O)CC(C)(CC(=O)O)[C](C)(C)[Al])C(=O)CO. The quantitative estimate of drug-likeness (QED) is 0.0190. The van der Waals surface area contributed by atoms with Crippen LogP contribution in [0.1, 0.15) is 96.5 Å². The third kappa shape index (κ3) is 21.5. The van der Waals surface area contributed by atoms with Crippen LogP contribution in [0.3, 0.4) is 0 Å². The summed E-state index contributed by atoms with van der Waals surface area (Å²) in [7, 11) is 0. The molecule has 1 heterocycles. The average Bonchev–Trinajstić information content (AvgIpc) is 3.80. The second-order valence-electron chi connectivity index (χ2n) is 22.0. The van der Waals surface area contributed by atoms with E-state index in [-0.39, 0.29) is 63.2 Å². The Bertz CT molecular complexity index is 2900. The van der Waals surface area contributed by atoms with E-state index >= 15 is 4.39 Å². The number of nitrogens with zero attached hydrogens (tertiary/aromatic N) is 2. The molecule has 2 radical (unpaired) electrons. The number of alkyl carbamates (subject to hydrolysis) is 1. The molecular weight excluding hydrogens is 1100 g/mol. The van der Waals surface area contributed by atoms with Crippen LogP contribution in [0.4, 0.5) is 13.6 Å². The van der Waals surface area contributed by atoms with Gasteiger partial charge in [-0.3, -0.25) is 43.7 Å². The highest BCUT2D eigenvalue weighted by Crippen LogP contribution is 2.48. The second kappa shape index (κ2) is 31.1. The molecule has 448 valence electrons. The highest BCUT2D eigenvalue weighted by molar-refractivity contribution is 6.15. The van der Waals surface area contributed by atoms with E-state index in [0.29, 0.717) is 11.3 Å². The summed E-state index contributed by atoms with van der Waals surface area (Å²) in [5.41, 5.74) is 5.54. The summed E-state index contributed by atoms with van der Waals surface area (Å²) in [6, 6.07) is 15.8. The van der Waals surface area contributed by atoms with Crippen molar-refractivity contribution in [2.75, 3.05) is 32.8 Å². The maximum atomic E-state index is 15.5. The lowest BCUT2D eigenvalue weighted by atomic mass is 9.72. The smallest absolute Gasteiger partial charge is 0.408 e. The van der Waals surface area contributed by atoms with Crippen LogP contribution in [-0.4, -0.2) is 157 Å². The topological polar surface area (TPSA) is 350 Å². The minimum Gasteiger partial charge on any atom is -0.481 e. The molecule has 0 aliphatic rings. The molecule has 7 amide bonds. The molecule has 3 aromatic carbocycles. The number of ether oxygens (including phenoxy) is 1. The highest BCUT2D eigenvalue weighted by atomic mass is 27.0. The van der Waals surface area contributed by atoms with Crippen LogP contribution < -0.4 is 37.6 Å². The molecule has 4 rings (SSSR count). The summed E-state index contributed by atoms with van der Waals surface area (Å²) in [4.78, 5) is 118. The number of carboxylic acid groups (broad SMARTS) is 2. The molecule has 83 heavy (non-hydrogen) atoms. The summed E-state index contributed by atoms with van der Waals surface area (Å²) < 4.78 is 36.4. The fourth-order valence-corrected chi connectivity index (χ4v) is 9.22. The van der Waals surface area contributed by atoms with Gasteiger partial charge in [0.1, 0.15) is 59.5 Å². The first-order valence-electron chi connectivity index (χ1n) is 26.5. The van der Waals surface area contributed by atoms with E-state index in [9.17, 15) is 68.0 Å². The van der Waals surface area contributed by atoms with Crippen molar-refractivity contribution < 1.29 is 77.1 Å². The summed E-state index contributed by atoms with van der Waals surface area (Å²) in [6.07, 6.45) is -4.19. The summed E-state index contributed by atoms with van der Waals surface area (Å²) in [5, 5.41) is 56.3. The van der Waals surface area contributed by atoms with Crippen molar-refractivity contribution in [2.45, 2.75) is 121 Å². The van der Waals surface area contributed by atoms with Crippen LogP contribution in [-0.2, 0) is 56.2 Å². The first-order chi connectivity index (χ1) is 38.9. The van der Waals surface area contributed by atoms with Gasteiger partial charge in [-0.05, 0) is 52.6 Å². The predicted octanol–water partition coefficient (Wildman–Crippen LogP) is 2.77. The van der Waals surface area contributed by atoms with Gasteiger partial charge in [0.05, 0.1) is 37.9 Å². The zero-order valence-corrected chi connectivity index (χ0v) is 48.4. The number of amides is 7. The van der Waals surface area contributed by atoms with E-state index in [1.54, 1.807) is 88.7 Å². The van der Waals surface area contributed by atoms with Crippen molar-refractivity contribution in [3.8, 4) is 11.1 Å². The number of primary amides is 1. The molecule has 2 unspecified atom stereocenters. The lowest BCUT2D eigenvalue weighted by Crippen LogP contribution is -2.59. The van der Waals surface area contributed by atoms with Crippen LogP contribution in [0.25, 0.3) is 11.1 Å². The molecule has 0 bridgehead atoms. The van der Waals surface area contributed by atoms with E-state index < -0.39 is 137 Å². The summed E-state index contributed by atoms with van der Waals surface area (Å²) >= 11 is 2.54. The van der Waals surface area contributed by atoms with E-state index in [4.69, 9.17) is 10.5 Å². The lowest BCUT2D eigenvalue weighted by Gasteiger charge is -2.42. The van der Waals surface area contributed by atoms with Crippen LogP contribution in [0.15, 0.2) is 91.1 Å². The first kappa shape index (κ1) is 67.7. The molecule has 0 saturated heterocycles. The summed E-state index contributed by atoms with van der Waals surface area (Å²) in [6.45, 7) is 8.15. The molecule has 6 atom stereocenters. The monoisotopic (exact) mass is 1170 g/mol. The van der Waals surface area contributed by atoms with Crippen molar-refractivity contribution in [1.82, 2.24) is 41.4 Å². The molecule has 12 N–H and O–H groups in total. The zero-order valence-electron chi connectivity index (χ0n) is 47.2. The van der Waals surface area contributed by atoms with Crippen LogP contribution in [0.5, 0.6) is 0 Å². The fourth-order valence-electron chi connectivity index (χ4n) is 9.02. The van der Waals surface area contributed by atoms with Gasteiger partial charge in [0.15, 0.2) is 0 Å². The van der Waals surface area contributed by atoms with Gasteiger partial charge in [-0.15, -0.1) is 0 Å². The Morgan fingerprint density at radius 3 is 1.94 bits per heavy atom. The minimum absolute atomic E-state index is 0.0785. The molecule has 0 fully saturated rings. The fraction of sp³-hybridized carbons (Fsp3) is 0.456. The van der Waals surface area contributed by atoms with Crippen molar-refractivity contribution in [3.05, 3.63) is 120 Å². The minimum atomic E-state index is -1.88. The van der Waals surface area contributed by atoms with Gasteiger partial charge < -0.3 is 66.9 Å². The maximum Gasteiger partial charge on any atom is 0.408 e. The standard InChI is InChI=1S/C57H74F2N9O14.Al/c1-34(2)57(6,28-50(76)77)27-46(71)63-29-47(72)61-20-21-62-52(78)41(64-53(79)42(25-45(60)70)65-54(80)43(26-49(74)75)66-55(81)82-33-36-15-11-8-12-16-36)19-22-68(48(73)32-69)51(56(3,4)5)44-23-37(39-24-38(58)17-18-40(39)59)31-67(44)30-35-13-9-7-10-14-35;/h7-18,23-24,31,41-43,51-52,62,69,78H,19-22,25-30,32-33H2,1-6H3,(H2,60,70)(H,61,72)(H,63,71)(H,64,79)(H,65,80)(H,66,81)(H,74,75)(H,76,77);/t41-,42-,43+,51-,52?,57?;/m0./s1. The van der Waals surface area contributed by atoms with Gasteiger partial charge in [-0.2, -0.15) is 0 Å². The number of aromatic nitrogens is 1. The number of nitrogens with one attached hydrogen (secondary N) is 6. The van der Waals surface area contributed by atoms with E-state index in [0.717, 1.165) is 23.8 Å². The Kier molecular flexibility index (Phi) is 25.3. The number of aliphatic hydroxyl groups is 2. The van der Waals surface area contributed by atoms with Gasteiger partial charge >= 0.3 is 18.0 Å². The lowest BCUT2D eigenvalue weighted by molar-refractivity contribution is -0.141. The van der Waals surface area contributed by atoms with Gasteiger partial charge in [0.2, 0.25) is 35.4 Å². The maximum absolute atomic E-state index is 15.5. The average molecular weight is 1170 g/mol. The molecule has 0 spiro atoms. The molecule has 0 aliphatic heterocycles. The number of carbonyl (C=O) groups excluding carboxylic acids is 7. The number of hydrogen-bond acceptors (Lipinski definition) is 13. The first-order valence-corrected chi connectivity index (χ1v) is 27.1. The number of aliphatic carboxylic acids is 2. The third-order valence-corrected chi connectivity index (χ3v) is 14.5. The number of aliphatic hydroxyl groups excluding tert-OH is 2. The van der Waals surface area contributed by atoms with Crippen molar-refractivity contribution in [3.63, 3.8) is 0 Å². The van der Waals surface area contributed by atoms with Crippen molar-refractivity contribution in [2.24, 2.45) is 16.6 Å². The molecule has 0 aliphatic carbocycles. The predicted molar refractivity (Wildman–Crippen MR) is 299 cm³/mol. The molecule has 1 aromatic heterocycles. The number of benzene rings is 3. The van der Waals surface area contributed by atoms with Gasteiger partial charge in [0, 0.05) is 55.6 Å². The number of carbonyl (C=O) groups is 9. The highest BCUT2D eigenvalue weighted by Gasteiger charge is 2.41. The van der Waals surface area contributed by atoms with E-state index in [2.05, 4.69) is 48.2 Å². The third-order valence-electron chi connectivity index (χ3n) is 13.8. The van der Waals surface area contributed by atoms with E-state index in [1.165, 1.54) is 4.90 Å². The normalized spacial score (nSPS) is 14.0. The summed E-state index contributed by atoms with van der Waals surface area (Å²) in [5.74, 6) is -9.71. The van der Waals surface area contributed by atoms with Crippen LogP contribution in [0.2, 0.25) is 4.28 Å². The number of carboxylic acids is 2. The zero-order chi connectivity index (χ0) is 61.8. The Labute approximate surface area is 487 Å². The number of halogens is 2. The molecular formula is C57H74AlF2N9O14. The molecule has 26 heteroatoms. The number of hydrogen-bond donors (Lipinski definition) is 11. The Balaban J connectivity index is 1.67. The van der Waals surface area contributed by atoms with Gasteiger partial charge in [0.25, 0.3) is 0 Å². The number of rotatable bonds is 32. The Morgan fingerprint density at radius 2 is 1.36 bits per heavy atom. The number of nitrogens with two attached hydrogens (primary N) is 1.